The molecule has 0 radical (unpaired) electrons. The predicted octanol–water partition coefficient (Wildman–Crippen LogP) is 4.77. The minimum absolute atomic E-state index is 0.119. The number of halogens is 3. The fourth-order valence-electron chi connectivity index (χ4n) is 4.21. The zero-order valence-electron chi connectivity index (χ0n) is 18.4. The van der Waals surface area contributed by atoms with Crippen molar-refractivity contribution in [3.05, 3.63) is 100 Å². The molecule has 1 heterocycles. The molecular formula is C26H22F3NO4. The Hall–Kier alpha value is -3.81. The summed E-state index contributed by atoms with van der Waals surface area (Å²) in [4.78, 5) is 25.4. The van der Waals surface area contributed by atoms with Crippen LogP contribution in [0.5, 0.6) is 5.75 Å². The van der Waals surface area contributed by atoms with Crippen molar-refractivity contribution in [1.29, 1.82) is 0 Å². The molecule has 1 N–H and O–H groups in total. The molecule has 0 saturated carbocycles. The standard InChI is InChI=1S/C26H22F3NO4/c1-26(12-16-5-8-20(27)9-6-16)13-19-11-17(7-10-22(19)34-26)25(33)30(15-23(31)32)14-18-3-2-4-21(28)24(18)29/h2-11H,12-15H2,1H3,(H,31,32)/t26-/m0/s1. The van der Waals surface area contributed by atoms with Gasteiger partial charge in [-0.1, -0.05) is 24.3 Å². The zero-order valence-corrected chi connectivity index (χ0v) is 18.4. The van der Waals surface area contributed by atoms with E-state index in [9.17, 15) is 27.9 Å². The van der Waals surface area contributed by atoms with Crippen LogP contribution >= 0.6 is 0 Å². The summed E-state index contributed by atoms with van der Waals surface area (Å²) in [7, 11) is 0. The maximum absolute atomic E-state index is 14.1. The van der Waals surface area contributed by atoms with Crippen molar-refractivity contribution >= 4 is 11.9 Å². The largest absolute Gasteiger partial charge is 0.487 e. The van der Waals surface area contributed by atoms with E-state index in [-0.39, 0.29) is 16.9 Å². The van der Waals surface area contributed by atoms with Gasteiger partial charge in [0.2, 0.25) is 0 Å². The Morgan fingerprint density at radius 2 is 1.79 bits per heavy atom. The van der Waals surface area contributed by atoms with E-state index in [2.05, 4.69) is 0 Å². The molecule has 3 aromatic carbocycles. The summed E-state index contributed by atoms with van der Waals surface area (Å²) >= 11 is 0. The highest BCUT2D eigenvalue weighted by atomic mass is 19.2. The lowest BCUT2D eigenvalue weighted by molar-refractivity contribution is -0.137. The Balaban J connectivity index is 1.54. The number of carboxylic acid groups (broad SMARTS) is 1. The molecular weight excluding hydrogens is 447 g/mol. The highest BCUT2D eigenvalue weighted by Gasteiger charge is 2.35. The number of carbonyl (C=O) groups is 2. The quantitative estimate of drug-likeness (QED) is 0.542. The van der Waals surface area contributed by atoms with Crippen LogP contribution in [0, 0.1) is 17.5 Å². The number of hydrogen-bond donors (Lipinski definition) is 1. The van der Waals surface area contributed by atoms with E-state index in [1.54, 1.807) is 24.3 Å². The SMILES string of the molecule is C[C@]1(Cc2ccc(F)cc2)Cc2cc(C(=O)N(CC(=O)O)Cc3cccc(F)c3F)ccc2O1. The summed E-state index contributed by atoms with van der Waals surface area (Å²) < 4.78 is 47.0. The Morgan fingerprint density at radius 3 is 2.50 bits per heavy atom. The number of ether oxygens (including phenoxy) is 1. The van der Waals surface area contributed by atoms with Gasteiger partial charge in [0, 0.05) is 30.5 Å². The van der Waals surface area contributed by atoms with Crippen LogP contribution in [0.25, 0.3) is 0 Å². The lowest BCUT2D eigenvalue weighted by Gasteiger charge is -2.24. The average Bonchev–Trinajstić information content (AvgIpc) is 3.12. The second-order valence-electron chi connectivity index (χ2n) is 8.62. The van der Waals surface area contributed by atoms with Gasteiger partial charge in [-0.2, -0.15) is 0 Å². The third kappa shape index (κ3) is 5.06. The van der Waals surface area contributed by atoms with Gasteiger partial charge >= 0.3 is 5.97 Å². The molecule has 0 bridgehead atoms. The van der Waals surface area contributed by atoms with Gasteiger partial charge in [-0.15, -0.1) is 0 Å². The summed E-state index contributed by atoms with van der Waals surface area (Å²) in [6, 6.07) is 14.5. The van der Waals surface area contributed by atoms with Crippen molar-refractivity contribution in [2.45, 2.75) is 31.9 Å². The van der Waals surface area contributed by atoms with E-state index < -0.39 is 42.2 Å². The summed E-state index contributed by atoms with van der Waals surface area (Å²) in [5.41, 5.74) is 1.16. The molecule has 4 rings (SSSR count). The van der Waals surface area contributed by atoms with Gasteiger partial charge < -0.3 is 14.7 Å². The van der Waals surface area contributed by atoms with Gasteiger partial charge in [-0.25, -0.2) is 13.2 Å². The fraction of sp³-hybridized carbons (Fsp3) is 0.231. The van der Waals surface area contributed by atoms with Gasteiger partial charge in [0.1, 0.15) is 23.7 Å². The number of rotatable bonds is 7. The molecule has 8 heteroatoms. The molecule has 0 saturated heterocycles. The summed E-state index contributed by atoms with van der Waals surface area (Å²) in [5, 5.41) is 9.26. The molecule has 1 amide bonds. The second kappa shape index (κ2) is 9.21. The topological polar surface area (TPSA) is 66.8 Å². The number of carbonyl (C=O) groups excluding carboxylic acids is 1. The maximum atomic E-state index is 14.1. The molecule has 0 unspecified atom stereocenters. The average molecular weight is 469 g/mol. The summed E-state index contributed by atoms with van der Waals surface area (Å²) in [5.74, 6) is -3.82. The van der Waals surface area contributed by atoms with Crippen LogP contribution in [-0.4, -0.2) is 34.0 Å². The molecule has 1 atom stereocenters. The zero-order chi connectivity index (χ0) is 24.5. The third-order valence-electron chi connectivity index (χ3n) is 5.73. The monoisotopic (exact) mass is 469 g/mol. The molecule has 1 aliphatic heterocycles. The van der Waals surface area contributed by atoms with E-state index >= 15 is 0 Å². The van der Waals surface area contributed by atoms with Gasteiger partial charge in [-0.05, 0) is 54.4 Å². The number of fused-ring (bicyclic) bond motifs is 1. The minimum Gasteiger partial charge on any atom is -0.487 e. The van der Waals surface area contributed by atoms with E-state index in [0.29, 0.717) is 18.6 Å². The van der Waals surface area contributed by atoms with Crippen LogP contribution in [0.15, 0.2) is 60.7 Å². The Morgan fingerprint density at radius 1 is 1.06 bits per heavy atom. The number of benzene rings is 3. The highest BCUT2D eigenvalue weighted by molar-refractivity contribution is 5.96. The highest BCUT2D eigenvalue weighted by Crippen LogP contribution is 2.37. The lowest BCUT2D eigenvalue weighted by atomic mass is 9.91. The van der Waals surface area contributed by atoms with Crippen LogP contribution in [0.4, 0.5) is 13.2 Å². The van der Waals surface area contributed by atoms with Crippen molar-refractivity contribution < 1.29 is 32.6 Å². The second-order valence-corrected chi connectivity index (χ2v) is 8.62. The van der Waals surface area contributed by atoms with Crippen LogP contribution in [0.1, 0.15) is 34.0 Å². The van der Waals surface area contributed by atoms with Crippen LogP contribution in [0.3, 0.4) is 0 Å². The van der Waals surface area contributed by atoms with Gasteiger partial charge in [0.25, 0.3) is 5.91 Å². The lowest BCUT2D eigenvalue weighted by Crippen LogP contribution is -2.35. The van der Waals surface area contributed by atoms with E-state index in [1.807, 2.05) is 6.92 Å². The van der Waals surface area contributed by atoms with Crippen LogP contribution in [0.2, 0.25) is 0 Å². The number of hydrogen-bond acceptors (Lipinski definition) is 3. The van der Waals surface area contributed by atoms with Gasteiger partial charge in [-0.3, -0.25) is 9.59 Å². The van der Waals surface area contributed by atoms with Crippen molar-refractivity contribution in [3.63, 3.8) is 0 Å². The first-order valence-electron chi connectivity index (χ1n) is 10.6. The predicted molar refractivity (Wildman–Crippen MR) is 118 cm³/mol. The van der Waals surface area contributed by atoms with Gasteiger partial charge in [0.05, 0.1) is 0 Å². The molecule has 3 aromatic rings. The molecule has 1 aliphatic rings. The molecule has 0 spiro atoms. The molecule has 34 heavy (non-hydrogen) atoms. The maximum Gasteiger partial charge on any atom is 0.323 e. The molecule has 0 fully saturated rings. The number of nitrogens with zero attached hydrogens (tertiary/aromatic N) is 1. The van der Waals surface area contributed by atoms with Crippen LogP contribution in [-0.2, 0) is 24.2 Å². The normalized spacial score (nSPS) is 16.6. The molecule has 0 aromatic heterocycles. The number of amides is 1. The number of carboxylic acids is 1. The van der Waals surface area contributed by atoms with E-state index in [0.717, 1.165) is 22.1 Å². The summed E-state index contributed by atoms with van der Waals surface area (Å²) in [6.07, 6.45) is 1.01. The smallest absolute Gasteiger partial charge is 0.323 e. The van der Waals surface area contributed by atoms with Gasteiger partial charge in [0.15, 0.2) is 11.6 Å². The van der Waals surface area contributed by atoms with Crippen LogP contribution < -0.4 is 4.74 Å². The Kier molecular flexibility index (Phi) is 6.32. The molecule has 5 nitrogen and oxygen atoms in total. The first-order valence-corrected chi connectivity index (χ1v) is 10.6. The van der Waals surface area contributed by atoms with Crippen molar-refractivity contribution in [2.75, 3.05) is 6.54 Å². The fourth-order valence-corrected chi connectivity index (χ4v) is 4.21. The van der Waals surface area contributed by atoms with E-state index in [4.69, 9.17) is 4.74 Å². The Bertz CT molecular complexity index is 1250. The number of aliphatic carboxylic acids is 1. The van der Waals surface area contributed by atoms with E-state index in [1.165, 1.54) is 30.3 Å². The Labute approximate surface area is 194 Å². The first-order chi connectivity index (χ1) is 16.1. The van der Waals surface area contributed by atoms with Crippen molar-refractivity contribution in [1.82, 2.24) is 4.90 Å². The minimum atomic E-state index is -1.28. The molecule has 0 aliphatic carbocycles. The summed E-state index contributed by atoms with van der Waals surface area (Å²) in [6.45, 7) is 0.844. The van der Waals surface area contributed by atoms with Crippen molar-refractivity contribution in [2.24, 2.45) is 0 Å². The first kappa shape index (κ1) is 23.4. The third-order valence-corrected chi connectivity index (χ3v) is 5.73. The van der Waals surface area contributed by atoms with Crippen molar-refractivity contribution in [3.8, 4) is 5.75 Å². The molecule has 176 valence electrons.